The zero-order valence-corrected chi connectivity index (χ0v) is 9.05. The molecule has 0 radical (unpaired) electrons. The second kappa shape index (κ2) is 3.42. The minimum atomic E-state index is -0.222. The third-order valence-corrected chi connectivity index (χ3v) is 2.97. The molecule has 0 fully saturated rings. The number of halogens is 2. The lowest BCUT2D eigenvalue weighted by Crippen LogP contribution is -2.20. The van der Waals surface area contributed by atoms with Crippen LogP contribution in [-0.2, 0) is 0 Å². The smallest absolute Gasteiger partial charge is 0.137 e. The highest BCUT2D eigenvalue weighted by Gasteiger charge is 2.19. The van der Waals surface area contributed by atoms with Gasteiger partial charge in [-0.3, -0.25) is 0 Å². The molecule has 0 aliphatic carbocycles. The van der Waals surface area contributed by atoms with Crippen molar-refractivity contribution in [1.82, 2.24) is 0 Å². The molecule has 1 aromatic rings. The summed E-state index contributed by atoms with van der Waals surface area (Å²) in [4.78, 5) is 0. The molecule has 0 spiro atoms. The van der Waals surface area contributed by atoms with Crippen LogP contribution in [0.25, 0.3) is 0 Å². The van der Waals surface area contributed by atoms with Crippen molar-refractivity contribution in [3.8, 4) is 5.75 Å². The van der Waals surface area contributed by atoms with E-state index in [2.05, 4.69) is 0 Å². The molecule has 0 aromatic heterocycles. The molecule has 2 N–H and O–H groups in total. The third kappa shape index (κ3) is 1.65. The summed E-state index contributed by atoms with van der Waals surface area (Å²) in [5, 5.41) is 0. The van der Waals surface area contributed by atoms with Gasteiger partial charge in [-0.1, -0.05) is 0 Å². The molecule has 4 heteroatoms. The van der Waals surface area contributed by atoms with E-state index < -0.39 is 0 Å². The average Bonchev–Trinajstić information content (AvgIpc) is 2.09. The molecular formula is C9H9FINO. The van der Waals surface area contributed by atoms with Crippen molar-refractivity contribution in [3.63, 3.8) is 0 Å². The van der Waals surface area contributed by atoms with Gasteiger partial charge in [0.1, 0.15) is 11.6 Å². The van der Waals surface area contributed by atoms with Crippen LogP contribution in [0.1, 0.15) is 18.0 Å². The van der Waals surface area contributed by atoms with E-state index in [0.29, 0.717) is 10.2 Å². The van der Waals surface area contributed by atoms with Gasteiger partial charge in [0.2, 0.25) is 0 Å². The fourth-order valence-electron chi connectivity index (χ4n) is 1.41. The molecule has 1 aromatic carbocycles. The number of hydrogen-bond donors (Lipinski definition) is 1. The lowest BCUT2D eigenvalue weighted by atomic mass is 10.0. The van der Waals surface area contributed by atoms with E-state index in [4.69, 9.17) is 10.5 Å². The van der Waals surface area contributed by atoms with Crippen LogP contribution in [0.3, 0.4) is 0 Å². The second-order valence-electron chi connectivity index (χ2n) is 3.05. The molecule has 0 saturated heterocycles. The van der Waals surface area contributed by atoms with Crippen molar-refractivity contribution < 1.29 is 9.13 Å². The Bertz CT molecular complexity index is 343. The molecule has 0 saturated carbocycles. The Morgan fingerprint density at radius 3 is 3.08 bits per heavy atom. The maximum atomic E-state index is 13.2. The van der Waals surface area contributed by atoms with Crippen molar-refractivity contribution >= 4 is 22.6 Å². The highest BCUT2D eigenvalue weighted by molar-refractivity contribution is 14.1. The Balaban J connectivity index is 2.52. The first-order valence-electron chi connectivity index (χ1n) is 4.06. The first-order valence-corrected chi connectivity index (χ1v) is 5.13. The van der Waals surface area contributed by atoms with Crippen molar-refractivity contribution in [2.75, 3.05) is 6.61 Å². The third-order valence-electron chi connectivity index (χ3n) is 2.14. The number of benzene rings is 1. The fraction of sp³-hybridized carbons (Fsp3) is 0.333. The normalized spacial score (nSPS) is 20.7. The van der Waals surface area contributed by atoms with E-state index in [9.17, 15) is 4.39 Å². The van der Waals surface area contributed by atoms with Crippen LogP contribution in [0.5, 0.6) is 5.75 Å². The van der Waals surface area contributed by atoms with Gasteiger partial charge < -0.3 is 10.5 Å². The van der Waals surface area contributed by atoms with Crippen molar-refractivity contribution in [1.29, 1.82) is 0 Å². The van der Waals surface area contributed by atoms with Gasteiger partial charge in [-0.15, -0.1) is 0 Å². The summed E-state index contributed by atoms with van der Waals surface area (Å²) in [5.74, 6) is 0.504. The summed E-state index contributed by atoms with van der Waals surface area (Å²) in [6.07, 6.45) is 0.757. The SMILES string of the molecule is N[C@@H]1CCOc2cc(I)c(F)cc21. The molecule has 70 valence electrons. The van der Waals surface area contributed by atoms with Crippen LogP contribution in [0, 0.1) is 9.39 Å². The summed E-state index contributed by atoms with van der Waals surface area (Å²) in [6, 6.07) is 3.08. The van der Waals surface area contributed by atoms with Gasteiger partial charge in [-0.05, 0) is 34.7 Å². The molecule has 2 rings (SSSR count). The van der Waals surface area contributed by atoms with Crippen LogP contribution in [0.4, 0.5) is 4.39 Å². The van der Waals surface area contributed by atoms with Gasteiger partial charge in [0.25, 0.3) is 0 Å². The van der Waals surface area contributed by atoms with Gasteiger partial charge >= 0.3 is 0 Å². The van der Waals surface area contributed by atoms with Crippen LogP contribution in [0.2, 0.25) is 0 Å². The molecule has 1 aliphatic rings. The van der Waals surface area contributed by atoms with Crippen molar-refractivity contribution in [2.24, 2.45) is 5.73 Å². The maximum absolute atomic E-state index is 13.2. The number of rotatable bonds is 0. The fourth-order valence-corrected chi connectivity index (χ4v) is 1.85. The lowest BCUT2D eigenvalue weighted by molar-refractivity contribution is 0.268. The Morgan fingerprint density at radius 2 is 2.31 bits per heavy atom. The van der Waals surface area contributed by atoms with Gasteiger partial charge in [0, 0.05) is 18.0 Å². The van der Waals surface area contributed by atoms with Crippen LogP contribution in [0.15, 0.2) is 12.1 Å². The molecule has 0 bridgehead atoms. The second-order valence-corrected chi connectivity index (χ2v) is 4.21. The molecule has 0 unspecified atom stereocenters. The van der Waals surface area contributed by atoms with E-state index in [1.807, 2.05) is 22.6 Å². The number of hydrogen-bond acceptors (Lipinski definition) is 2. The highest BCUT2D eigenvalue weighted by Crippen LogP contribution is 2.32. The summed E-state index contributed by atoms with van der Waals surface area (Å²) in [6.45, 7) is 0.621. The van der Waals surface area contributed by atoms with Gasteiger partial charge in [-0.25, -0.2) is 4.39 Å². The summed E-state index contributed by atoms with van der Waals surface area (Å²) in [7, 11) is 0. The van der Waals surface area contributed by atoms with Gasteiger partial charge in [-0.2, -0.15) is 0 Å². The molecule has 1 heterocycles. The Morgan fingerprint density at radius 1 is 1.54 bits per heavy atom. The maximum Gasteiger partial charge on any atom is 0.137 e. The standard InChI is InChI=1S/C9H9FINO/c10-6-3-5-8(12)1-2-13-9(5)4-7(6)11/h3-4,8H,1-2,12H2/t8-/m1/s1. The number of nitrogens with two attached hydrogens (primary N) is 1. The molecule has 2 nitrogen and oxygen atoms in total. The predicted molar refractivity (Wildman–Crippen MR) is 56.2 cm³/mol. The van der Waals surface area contributed by atoms with E-state index in [-0.39, 0.29) is 11.9 Å². The van der Waals surface area contributed by atoms with E-state index in [1.165, 1.54) is 6.07 Å². The van der Waals surface area contributed by atoms with E-state index in [0.717, 1.165) is 17.7 Å². The van der Waals surface area contributed by atoms with Crippen molar-refractivity contribution in [3.05, 3.63) is 27.1 Å². The summed E-state index contributed by atoms with van der Waals surface area (Å²) < 4.78 is 19.1. The average molecular weight is 293 g/mol. The molecular weight excluding hydrogens is 284 g/mol. The molecule has 0 amide bonds. The Labute approximate surface area is 89.4 Å². The highest BCUT2D eigenvalue weighted by atomic mass is 127. The van der Waals surface area contributed by atoms with Crippen molar-refractivity contribution in [2.45, 2.75) is 12.5 Å². The molecule has 13 heavy (non-hydrogen) atoms. The van der Waals surface area contributed by atoms with Crippen LogP contribution >= 0.6 is 22.6 Å². The summed E-state index contributed by atoms with van der Waals surface area (Å²) >= 11 is 1.94. The molecule has 1 atom stereocenters. The number of ether oxygens (including phenoxy) is 1. The predicted octanol–water partition coefficient (Wildman–Crippen LogP) is 2.21. The van der Waals surface area contributed by atoms with Crippen LogP contribution in [-0.4, -0.2) is 6.61 Å². The van der Waals surface area contributed by atoms with Gasteiger partial charge in [0.05, 0.1) is 10.2 Å². The first kappa shape index (κ1) is 9.21. The minimum absolute atomic E-state index is 0.0877. The topological polar surface area (TPSA) is 35.2 Å². The largest absolute Gasteiger partial charge is 0.493 e. The van der Waals surface area contributed by atoms with E-state index >= 15 is 0 Å². The zero-order chi connectivity index (χ0) is 9.42. The molecule has 1 aliphatic heterocycles. The lowest BCUT2D eigenvalue weighted by Gasteiger charge is -2.23. The Kier molecular flexibility index (Phi) is 2.42. The zero-order valence-electron chi connectivity index (χ0n) is 6.89. The Hall–Kier alpha value is -0.360. The van der Waals surface area contributed by atoms with E-state index in [1.54, 1.807) is 6.07 Å². The monoisotopic (exact) mass is 293 g/mol. The van der Waals surface area contributed by atoms with Crippen LogP contribution < -0.4 is 10.5 Å². The van der Waals surface area contributed by atoms with Gasteiger partial charge in [0.15, 0.2) is 0 Å². The first-order chi connectivity index (χ1) is 6.18. The quantitative estimate of drug-likeness (QED) is 0.744. The minimum Gasteiger partial charge on any atom is -0.493 e. The number of fused-ring (bicyclic) bond motifs is 1. The summed E-state index contributed by atoms with van der Waals surface area (Å²) in [5.41, 5.74) is 6.60.